The third-order valence-corrected chi connectivity index (χ3v) is 6.58. The first-order chi connectivity index (χ1) is 18.0. The lowest BCUT2D eigenvalue weighted by Gasteiger charge is -2.27. The minimum Gasteiger partial charge on any atom is -0.394 e. The third-order valence-electron chi connectivity index (χ3n) is 6.58. The van der Waals surface area contributed by atoms with Crippen molar-refractivity contribution in [2.75, 3.05) is 6.61 Å². The molecule has 0 aliphatic heterocycles. The first-order valence-corrected chi connectivity index (χ1v) is 14.9. The molecule has 0 aliphatic carbocycles. The normalized spacial score (nSPS) is 15.5. The van der Waals surface area contributed by atoms with E-state index in [9.17, 15) is 25.2 Å². The molecule has 0 heterocycles. The van der Waals surface area contributed by atoms with Crippen LogP contribution in [0.25, 0.3) is 0 Å². The van der Waals surface area contributed by atoms with Gasteiger partial charge in [0, 0.05) is 6.42 Å². The summed E-state index contributed by atoms with van der Waals surface area (Å²) in [5.41, 5.74) is 0. The summed E-state index contributed by atoms with van der Waals surface area (Å²) in [6.07, 6.45) is 26.2. The zero-order valence-corrected chi connectivity index (χ0v) is 23.7. The Balaban J connectivity index is 4.11. The zero-order chi connectivity index (χ0) is 27.6. The van der Waals surface area contributed by atoms with E-state index < -0.39 is 36.9 Å². The number of nitrogens with one attached hydrogen (secondary N) is 1. The van der Waals surface area contributed by atoms with E-state index in [4.69, 9.17) is 0 Å². The number of hydrogen-bond acceptors (Lipinski definition) is 5. The summed E-state index contributed by atoms with van der Waals surface area (Å²) in [5, 5.41) is 42.8. The molecule has 6 nitrogen and oxygen atoms in total. The van der Waals surface area contributed by atoms with Crippen molar-refractivity contribution in [3.63, 3.8) is 0 Å². The van der Waals surface area contributed by atoms with Crippen molar-refractivity contribution >= 4 is 5.91 Å². The summed E-state index contributed by atoms with van der Waals surface area (Å²) < 4.78 is 0. The van der Waals surface area contributed by atoms with E-state index in [0.717, 1.165) is 25.7 Å². The Labute approximate surface area is 227 Å². The summed E-state index contributed by atoms with van der Waals surface area (Å²) >= 11 is 0. The summed E-state index contributed by atoms with van der Waals surface area (Å²) in [4.78, 5) is 12.3. The van der Waals surface area contributed by atoms with Crippen LogP contribution in [-0.2, 0) is 4.79 Å². The Kier molecular flexibility index (Phi) is 25.1. The summed E-state index contributed by atoms with van der Waals surface area (Å²) in [6.45, 7) is 3.90. The van der Waals surface area contributed by atoms with Crippen molar-refractivity contribution in [2.45, 2.75) is 147 Å². The Hall–Kier alpha value is -1.47. The summed E-state index contributed by atoms with van der Waals surface area (Å²) in [7, 11) is 0. The molecule has 0 fully saturated rings. The van der Waals surface area contributed by atoms with Gasteiger partial charge in [-0.2, -0.15) is 0 Å². The second-order valence-electron chi connectivity index (χ2n) is 10.1. The molecule has 1 amide bonds. The molecule has 0 saturated heterocycles. The van der Waals surface area contributed by atoms with E-state index in [0.29, 0.717) is 12.8 Å². The molecule has 0 rings (SSSR count). The van der Waals surface area contributed by atoms with E-state index in [-0.39, 0.29) is 6.42 Å². The number of unbranched alkanes of at least 4 members (excludes halogenated alkanes) is 11. The molecule has 0 aromatic heterocycles. The summed E-state index contributed by atoms with van der Waals surface area (Å²) in [5.74, 6) is -0.667. The van der Waals surface area contributed by atoms with Crippen LogP contribution in [0.4, 0.5) is 0 Å². The lowest BCUT2D eigenvalue weighted by molar-refractivity contribution is -0.132. The van der Waals surface area contributed by atoms with Crippen LogP contribution in [0.3, 0.4) is 0 Å². The topological polar surface area (TPSA) is 110 Å². The van der Waals surface area contributed by atoms with Crippen molar-refractivity contribution in [3.05, 3.63) is 36.5 Å². The molecule has 0 aromatic carbocycles. The Bertz CT molecular complexity index is 604. The van der Waals surface area contributed by atoms with Gasteiger partial charge in [0.2, 0.25) is 5.91 Å². The monoisotopic (exact) mass is 523 g/mol. The van der Waals surface area contributed by atoms with Gasteiger partial charge in [0.05, 0.1) is 18.8 Å². The minimum absolute atomic E-state index is 0.151. The maximum absolute atomic E-state index is 12.3. The van der Waals surface area contributed by atoms with E-state index >= 15 is 0 Å². The van der Waals surface area contributed by atoms with Gasteiger partial charge >= 0.3 is 0 Å². The average Bonchev–Trinajstić information content (AvgIpc) is 2.90. The number of aliphatic hydroxyl groups is 4. The number of rotatable bonds is 25. The van der Waals surface area contributed by atoms with Gasteiger partial charge in [0.1, 0.15) is 12.2 Å². The molecular formula is C31H57NO5. The van der Waals surface area contributed by atoms with Gasteiger partial charge in [-0.05, 0) is 51.4 Å². The Morgan fingerprint density at radius 3 is 1.84 bits per heavy atom. The van der Waals surface area contributed by atoms with Gasteiger partial charge < -0.3 is 25.7 Å². The number of aliphatic hydroxyl groups excluding tert-OH is 4. The summed E-state index contributed by atoms with van der Waals surface area (Å²) in [6, 6.07) is -1.03. The van der Waals surface area contributed by atoms with Crippen LogP contribution in [0.1, 0.15) is 123 Å². The SMILES string of the molecule is CCCCCC/C=C/CCCC(O)C(O)C(CO)NC(=O)C(O)C/C=C\C/C=C\CCCCCCCC. The Morgan fingerprint density at radius 2 is 1.22 bits per heavy atom. The van der Waals surface area contributed by atoms with Crippen molar-refractivity contribution in [1.29, 1.82) is 0 Å². The van der Waals surface area contributed by atoms with Crippen LogP contribution in [-0.4, -0.2) is 57.3 Å². The van der Waals surface area contributed by atoms with Crippen LogP contribution in [0.2, 0.25) is 0 Å². The van der Waals surface area contributed by atoms with Crippen LogP contribution in [0, 0.1) is 0 Å². The molecule has 6 heteroatoms. The van der Waals surface area contributed by atoms with Gasteiger partial charge in [-0.3, -0.25) is 4.79 Å². The van der Waals surface area contributed by atoms with E-state index in [2.05, 4.69) is 43.5 Å². The van der Waals surface area contributed by atoms with E-state index in [1.165, 1.54) is 64.2 Å². The van der Waals surface area contributed by atoms with Crippen LogP contribution < -0.4 is 5.32 Å². The largest absolute Gasteiger partial charge is 0.394 e. The highest BCUT2D eigenvalue weighted by molar-refractivity contribution is 5.81. The fourth-order valence-electron chi connectivity index (χ4n) is 4.09. The molecule has 37 heavy (non-hydrogen) atoms. The molecule has 4 unspecified atom stereocenters. The minimum atomic E-state index is -1.30. The molecule has 0 aromatic rings. The van der Waals surface area contributed by atoms with Crippen molar-refractivity contribution in [1.82, 2.24) is 5.32 Å². The van der Waals surface area contributed by atoms with Crippen LogP contribution in [0.15, 0.2) is 36.5 Å². The van der Waals surface area contributed by atoms with Gasteiger partial charge in [-0.15, -0.1) is 0 Å². The van der Waals surface area contributed by atoms with Crippen LogP contribution in [0.5, 0.6) is 0 Å². The van der Waals surface area contributed by atoms with Crippen molar-refractivity contribution in [3.8, 4) is 0 Å². The Morgan fingerprint density at radius 1 is 0.703 bits per heavy atom. The second kappa shape index (κ2) is 26.1. The highest BCUT2D eigenvalue weighted by Crippen LogP contribution is 2.11. The lowest BCUT2D eigenvalue weighted by atomic mass is 10.0. The first kappa shape index (κ1) is 35.5. The standard InChI is InChI=1S/C31H57NO5/c1-3-5-7-9-11-13-14-15-17-19-21-23-25-29(35)31(37)32-27(26-33)30(36)28(34)24-22-20-18-16-12-10-8-6-4-2/h15-18,21,23,27-30,33-36H,3-14,19-20,22,24-26H2,1-2H3,(H,32,37)/b17-15-,18-16+,23-21-. The highest BCUT2D eigenvalue weighted by Gasteiger charge is 2.28. The fraction of sp³-hybridized carbons (Fsp3) is 0.774. The average molecular weight is 524 g/mol. The van der Waals surface area contributed by atoms with Crippen molar-refractivity contribution in [2.24, 2.45) is 0 Å². The number of carbonyl (C=O) groups is 1. The molecule has 216 valence electrons. The molecule has 4 atom stereocenters. The number of carbonyl (C=O) groups excluding carboxylic acids is 1. The highest BCUT2D eigenvalue weighted by atomic mass is 16.3. The molecule has 0 radical (unpaired) electrons. The fourth-order valence-corrected chi connectivity index (χ4v) is 4.09. The molecule has 0 aliphatic rings. The molecular weight excluding hydrogens is 466 g/mol. The smallest absolute Gasteiger partial charge is 0.249 e. The molecule has 0 bridgehead atoms. The molecule has 0 spiro atoms. The van der Waals surface area contributed by atoms with Gasteiger partial charge in [-0.1, -0.05) is 102 Å². The van der Waals surface area contributed by atoms with Gasteiger partial charge in [0.25, 0.3) is 0 Å². The second-order valence-corrected chi connectivity index (χ2v) is 10.1. The predicted octanol–water partition coefficient (Wildman–Crippen LogP) is 5.89. The molecule has 5 N–H and O–H groups in total. The molecule has 0 saturated carbocycles. The number of amides is 1. The third kappa shape index (κ3) is 21.2. The zero-order valence-electron chi connectivity index (χ0n) is 23.7. The van der Waals surface area contributed by atoms with Gasteiger partial charge in [0.15, 0.2) is 0 Å². The maximum Gasteiger partial charge on any atom is 0.249 e. The van der Waals surface area contributed by atoms with E-state index in [1.54, 1.807) is 6.08 Å². The van der Waals surface area contributed by atoms with Gasteiger partial charge in [-0.25, -0.2) is 0 Å². The van der Waals surface area contributed by atoms with E-state index in [1.807, 2.05) is 6.08 Å². The number of hydrogen-bond donors (Lipinski definition) is 5. The first-order valence-electron chi connectivity index (χ1n) is 14.9. The quantitative estimate of drug-likeness (QED) is 0.0757. The number of allylic oxidation sites excluding steroid dienone is 5. The predicted molar refractivity (Wildman–Crippen MR) is 154 cm³/mol. The van der Waals surface area contributed by atoms with Crippen LogP contribution >= 0.6 is 0 Å². The maximum atomic E-state index is 12.3. The van der Waals surface area contributed by atoms with Crippen molar-refractivity contribution < 1.29 is 25.2 Å². The lowest BCUT2D eigenvalue weighted by Crippen LogP contribution is -2.52.